The van der Waals surface area contributed by atoms with E-state index in [9.17, 15) is 9.59 Å². The van der Waals surface area contributed by atoms with E-state index in [0.29, 0.717) is 12.3 Å². The highest BCUT2D eigenvalue weighted by atomic mass is 32.2. The third-order valence-electron chi connectivity index (χ3n) is 5.81. The van der Waals surface area contributed by atoms with Crippen LogP contribution in [0.1, 0.15) is 55.3 Å². The molecule has 7 heteroatoms. The molecule has 0 spiro atoms. The Morgan fingerprint density at radius 3 is 2.62 bits per heavy atom. The Morgan fingerprint density at radius 1 is 1.07 bits per heavy atom. The molecule has 1 amide bonds. The van der Waals surface area contributed by atoms with Crippen LogP contribution >= 0.6 is 11.8 Å². The van der Waals surface area contributed by atoms with E-state index in [1.165, 1.54) is 24.6 Å². The predicted octanol–water partition coefficient (Wildman–Crippen LogP) is 3.06. The highest BCUT2D eigenvalue weighted by molar-refractivity contribution is 7.99. The van der Waals surface area contributed by atoms with Crippen LogP contribution in [0.2, 0.25) is 0 Å². The van der Waals surface area contributed by atoms with Gasteiger partial charge in [-0.05, 0) is 50.2 Å². The van der Waals surface area contributed by atoms with Gasteiger partial charge in [0.05, 0.1) is 12.3 Å². The maximum Gasteiger partial charge on any atom is 0.349 e. The van der Waals surface area contributed by atoms with Crippen molar-refractivity contribution in [1.82, 2.24) is 19.4 Å². The number of thioether (sulfide) groups is 1. The Morgan fingerprint density at radius 2 is 1.86 bits per heavy atom. The summed E-state index contributed by atoms with van der Waals surface area (Å²) in [5.74, 6) is 0.536. The van der Waals surface area contributed by atoms with Gasteiger partial charge in [-0.1, -0.05) is 30.7 Å². The van der Waals surface area contributed by atoms with Crippen LogP contribution in [0.15, 0.2) is 34.3 Å². The molecule has 1 fully saturated rings. The third kappa shape index (κ3) is 4.89. The lowest BCUT2D eigenvalue weighted by atomic mass is 9.97. The molecule has 2 aliphatic rings. The van der Waals surface area contributed by atoms with E-state index < -0.39 is 0 Å². The number of hydrogen-bond acceptors (Lipinski definition) is 5. The van der Waals surface area contributed by atoms with E-state index >= 15 is 0 Å². The SMILES string of the molecule is O=C(CSc1nc(=O)n(Cc2cccnc2)c2c1CCCC2)N1CCCCCC1. The van der Waals surface area contributed by atoms with Gasteiger partial charge >= 0.3 is 5.69 Å². The molecule has 154 valence electrons. The number of aromatic nitrogens is 3. The third-order valence-corrected chi connectivity index (χ3v) is 6.81. The normalized spacial score (nSPS) is 16.9. The molecule has 0 saturated carbocycles. The van der Waals surface area contributed by atoms with Crippen LogP contribution in [0, 0.1) is 0 Å². The number of carbonyl (C=O) groups excluding carboxylic acids is 1. The fourth-order valence-corrected chi connectivity index (χ4v) is 5.23. The Bertz CT molecular complexity index is 905. The lowest BCUT2D eigenvalue weighted by molar-refractivity contribution is -0.128. The maximum atomic E-state index is 12.8. The number of hydrogen-bond donors (Lipinski definition) is 0. The summed E-state index contributed by atoms with van der Waals surface area (Å²) in [6.07, 6.45) is 12.1. The highest BCUT2D eigenvalue weighted by Crippen LogP contribution is 2.29. The van der Waals surface area contributed by atoms with Crippen LogP contribution in [0.25, 0.3) is 0 Å². The topological polar surface area (TPSA) is 68.1 Å². The molecule has 1 aliphatic carbocycles. The van der Waals surface area contributed by atoms with E-state index in [-0.39, 0.29) is 11.6 Å². The van der Waals surface area contributed by atoms with Crippen molar-refractivity contribution >= 4 is 17.7 Å². The molecule has 2 aromatic heterocycles. The van der Waals surface area contributed by atoms with Gasteiger partial charge in [0.25, 0.3) is 0 Å². The molecule has 0 radical (unpaired) electrons. The minimum absolute atomic E-state index is 0.169. The van der Waals surface area contributed by atoms with Crippen LogP contribution in [0.4, 0.5) is 0 Å². The lowest BCUT2D eigenvalue weighted by Gasteiger charge is -2.23. The summed E-state index contributed by atoms with van der Waals surface area (Å²) >= 11 is 1.44. The fourth-order valence-electron chi connectivity index (χ4n) is 4.25. The van der Waals surface area contributed by atoms with Crippen LogP contribution < -0.4 is 5.69 Å². The summed E-state index contributed by atoms with van der Waals surface area (Å²) < 4.78 is 1.80. The molecular formula is C22H28N4O2S. The Balaban J connectivity index is 1.54. The number of nitrogens with zero attached hydrogens (tertiary/aromatic N) is 4. The second kappa shape index (κ2) is 9.57. The standard InChI is InChI=1S/C22H28N4O2S/c27-20(25-12-5-1-2-6-13-25)16-29-21-18-9-3-4-10-19(18)26(22(28)24-21)15-17-8-7-11-23-14-17/h7-8,11,14H,1-6,9-10,12-13,15-16H2. The van der Waals surface area contributed by atoms with Crippen molar-refractivity contribution in [3.8, 4) is 0 Å². The van der Waals surface area contributed by atoms with E-state index in [4.69, 9.17) is 0 Å². The van der Waals surface area contributed by atoms with Crippen molar-refractivity contribution in [3.63, 3.8) is 0 Å². The monoisotopic (exact) mass is 412 g/mol. The van der Waals surface area contributed by atoms with Gasteiger partial charge in [-0.25, -0.2) is 4.79 Å². The molecule has 2 aromatic rings. The van der Waals surface area contributed by atoms with Crippen LogP contribution in [0.3, 0.4) is 0 Å². The number of pyridine rings is 1. The first-order valence-corrected chi connectivity index (χ1v) is 11.6. The first-order valence-electron chi connectivity index (χ1n) is 10.6. The van der Waals surface area contributed by atoms with E-state index in [1.807, 2.05) is 17.0 Å². The minimum Gasteiger partial charge on any atom is -0.342 e. The average Bonchev–Trinajstić information content (AvgIpc) is 3.05. The quantitative estimate of drug-likeness (QED) is 0.558. The molecule has 29 heavy (non-hydrogen) atoms. The Kier molecular flexibility index (Phi) is 6.64. The summed E-state index contributed by atoms with van der Waals surface area (Å²) in [7, 11) is 0. The van der Waals surface area contributed by atoms with E-state index in [2.05, 4.69) is 9.97 Å². The average molecular weight is 413 g/mol. The molecule has 0 bridgehead atoms. The molecule has 0 N–H and O–H groups in total. The van der Waals surface area contributed by atoms with Gasteiger partial charge in [0.1, 0.15) is 5.03 Å². The van der Waals surface area contributed by atoms with Crippen LogP contribution in [-0.2, 0) is 24.2 Å². The smallest absolute Gasteiger partial charge is 0.342 e. The zero-order chi connectivity index (χ0) is 20.1. The molecule has 0 atom stereocenters. The van der Waals surface area contributed by atoms with E-state index in [0.717, 1.165) is 73.5 Å². The summed E-state index contributed by atoms with van der Waals surface area (Å²) in [5, 5.41) is 0.760. The molecular weight excluding hydrogens is 384 g/mol. The number of fused-ring (bicyclic) bond motifs is 1. The summed E-state index contributed by atoms with van der Waals surface area (Å²) in [5.41, 5.74) is 3.03. The first-order chi connectivity index (χ1) is 14.2. The molecule has 3 heterocycles. The van der Waals surface area contributed by atoms with Crippen molar-refractivity contribution in [2.75, 3.05) is 18.8 Å². The van der Waals surface area contributed by atoms with Gasteiger partial charge in [-0.15, -0.1) is 0 Å². The minimum atomic E-state index is -0.223. The van der Waals surface area contributed by atoms with Crippen molar-refractivity contribution in [2.24, 2.45) is 0 Å². The fraction of sp³-hybridized carbons (Fsp3) is 0.545. The molecule has 0 aromatic carbocycles. The second-order valence-corrected chi connectivity index (χ2v) is 8.83. The summed E-state index contributed by atoms with van der Waals surface area (Å²) in [4.78, 5) is 36.0. The van der Waals surface area contributed by atoms with Gasteiger partial charge in [0.15, 0.2) is 0 Å². The Hall–Kier alpha value is -2.15. The van der Waals surface area contributed by atoms with Gasteiger partial charge in [0.2, 0.25) is 5.91 Å². The number of likely N-dealkylation sites (tertiary alicyclic amines) is 1. The predicted molar refractivity (Wildman–Crippen MR) is 114 cm³/mol. The van der Waals surface area contributed by atoms with Crippen molar-refractivity contribution in [3.05, 3.63) is 51.8 Å². The van der Waals surface area contributed by atoms with Gasteiger partial charge < -0.3 is 4.90 Å². The van der Waals surface area contributed by atoms with Crippen molar-refractivity contribution < 1.29 is 4.79 Å². The Labute approximate surface area is 175 Å². The molecule has 1 saturated heterocycles. The highest BCUT2D eigenvalue weighted by Gasteiger charge is 2.22. The van der Waals surface area contributed by atoms with Crippen molar-refractivity contribution in [1.29, 1.82) is 0 Å². The van der Waals surface area contributed by atoms with Gasteiger partial charge in [-0.3, -0.25) is 14.3 Å². The molecule has 4 rings (SSSR count). The number of carbonyl (C=O) groups is 1. The second-order valence-electron chi connectivity index (χ2n) is 7.86. The van der Waals surface area contributed by atoms with E-state index in [1.54, 1.807) is 17.0 Å². The largest absolute Gasteiger partial charge is 0.349 e. The zero-order valence-electron chi connectivity index (χ0n) is 16.8. The summed E-state index contributed by atoms with van der Waals surface area (Å²) in [6.45, 7) is 2.22. The number of rotatable bonds is 5. The zero-order valence-corrected chi connectivity index (χ0v) is 17.6. The molecule has 0 unspecified atom stereocenters. The van der Waals surface area contributed by atoms with Crippen LogP contribution in [-0.4, -0.2) is 44.2 Å². The van der Waals surface area contributed by atoms with Gasteiger partial charge in [0, 0.05) is 36.7 Å². The lowest BCUT2D eigenvalue weighted by Crippen LogP contribution is -2.34. The molecule has 1 aliphatic heterocycles. The molecule has 6 nitrogen and oxygen atoms in total. The van der Waals surface area contributed by atoms with Crippen LogP contribution in [0.5, 0.6) is 0 Å². The number of amides is 1. The summed E-state index contributed by atoms with van der Waals surface area (Å²) in [6, 6.07) is 3.87. The first kappa shape index (κ1) is 20.1. The van der Waals surface area contributed by atoms with Crippen molar-refractivity contribution in [2.45, 2.75) is 62.9 Å². The maximum absolute atomic E-state index is 12.8. The van der Waals surface area contributed by atoms with Gasteiger partial charge in [-0.2, -0.15) is 4.98 Å².